The number of hydrogen-bond donors (Lipinski definition) is 1. The third kappa shape index (κ3) is 4.53. The number of rotatable bonds is 9. The van der Waals surface area contributed by atoms with Crippen LogP contribution < -0.4 is 14.2 Å². The van der Waals surface area contributed by atoms with Crippen LogP contribution in [0.15, 0.2) is 12.1 Å². The number of carboxylic acid groups (broad SMARTS) is 1. The minimum Gasteiger partial charge on any atom is -0.493 e. The van der Waals surface area contributed by atoms with E-state index in [2.05, 4.69) is 0 Å². The fourth-order valence-corrected chi connectivity index (χ4v) is 2.25. The number of hydrogen-bond acceptors (Lipinski definition) is 5. The van der Waals surface area contributed by atoms with Gasteiger partial charge in [-0.1, -0.05) is 13.0 Å². The molecule has 1 N–H and O–H groups in total. The molecule has 0 aromatic heterocycles. The van der Waals surface area contributed by atoms with Crippen molar-refractivity contribution in [1.29, 1.82) is 0 Å². The van der Waals surface area contributed by atoms with Crippen LogP contribution in [0.1, 0.15) is 18.9 Å². The molecule has 0 heterocycles. The Bertz CT molecular complexity index is 475. The summed E-state index contributed by atoms with van der Waals surface area (Å²) in [7, 11) is 4.66. The number of methoxy groups -OCH3 is 3. The predicted octanol–water partition coefficient (Wildman–Crippen LogP) is 2.01. The maximum atomic E-state index is 10.9. The molecule has 0 radical (unpaired) electrons. The van der Waals surface area contributed by atoms with Gasteiger partial charge in [0.15, 0.2) is 11.5 Å². The monoisotopic (exact) mass is 297 g/mol. The van der Waals surface area contributed by atoms with Crippen LogP contribution in [0.3, 0.4) is 0 Å². The van der Waals surface area contributed by atoms with Crippen LogP contribution in [-0.4, -0.2) is 50.4 Å². The molecule has 0 spiro atoms. The van der Waals surface area contributed by atoms with E-state index in [4.69, 9.17) is 19.3 Å². The first-order chi connectivity index (χ1) is 10.1. The zero-order chi connectivity index (χ0) is 15.8. The van der Waals surface area contributed by atoms with E-state index in [0.717, 1.165) is 12.0 Å². The number of nitrogens with zero attached hydrogens (tertiary/aromatic N) is 1. The van der Waals surface area contributed by atoms with Crippen LogP contribution in [0.4, 0.5) is 0 Å². The number of carboxylic acids is 1. The second-order valence-corrected chi connectivity index (χ2v) is 4.60. The molecular weight excluding hydrogens is 274 g/mol. The lowest BCUT2D eigenvalue weighted by atomic mass is 10.1. The van der Waals surface area contributed by atoms with Gasteiger partial charge in [-0.3, -0.25) is 9.69 Å². The molecule has 1 aromatic carbocycles. The fourth-order valence-electron chi connectivity index (χ4n) is 2.25. The van der Waals surface area contributed by atoms with Gasteiger partial charge in [-0.25, -0.2) is 0 Å². The van der Waals surface area contributed by atoms with Crippen molar-refractivity contribution in [3.05, 3.63) is 17.7 Å². The molecule has 1 rings (SSSR count). The highest BCUT2D eigenvalue weighted by Crippen LogP contribution is 2.40. The Hall–Kier alpha value is -1.95. The maximum absolute atomic E-state index is 10.9. The molecule has 6 nitrogen and oxygen atoms in total. The molecule has 0 atom stereocenters. The van der Waals surface area contributed by atoms with E-state index in [-0.39, 0.29) is 6.54 Å². The van der Waals surface area contributed by atoms with Gasteiger partial charge >= 0.3 is 5.97 Å². The van der Waals surface area contributed by atoms with Crippen molar-refractivity contribution in [2.45, 2.75) is 19.9 Å². The SMILES string of the molecule is CCCN(CC(=O)O)Cc1ccc(OC)c(OC)c1OC. The van der Waals surface area contributed by atoms with Crippen molar-refractivity contribution >= 4 is 5.97 Å². The summed E-state index contributed by atoms with van der Waals surface area (Å²) >= 11 is 0. The van der Waals surface area contributed by atoms with Gasteiger partial charge < -0.3 is 19.3 Å². The molecule has 1 aromatic rings. The summed E-state index contributed by atoms with van der Waals surface area (Å²) in [4.78, 5) is 12.8. The Morgan fingerprint density at radius 1 is 1.14 bits per heavy atom. The summed E-state index contributed by atoms with van der Waals surface area (Å²) in [6, 6.07) is 3.66. The molecule has 0 saturated carbocycles. The number of benzene rings is 1. The topological polar surface area (TPSA) is 68.2 Å². The molecule has 21 heavy (non-hydrogen) atoms. The molecule has 0 aliphatic carbocycles. The summed E-state index contributed by atoms with van der Waals surface area (Å²) in [6.07, 6.45) is 0.878. The quantitative estimate of drug-likeness (QED) is 0.752. The van der Waals surface area contributed by atoms with E-state index >= 15 is 0 Å². The van der Waals surface area contributed by atoms with E-state index in [0.29, 0.717) is 30.3 Å². The first kappa shape index (κ1) is 17.1. The van der Waals surface area contributed by atoms with Gasteiger partial charge in [-0.2, -0.15) is 0 Å². The highest BCUT2D eigenvalue weighted by Gasteiger charge is 2.18. The van der Waals surface area contributed by atoms with Crippen LogP contribution in [0, 0.1) is 0 Å². The van der Waals surface area contributed by atoms with E-state index in [1.165, 1.54) is 0 Å². The Kier molecular flexibility index (Phi) is 6.81. The number of ether oxygens (including phenoxy) is 3. The highest BCUT2D eigenvalue weighted by atomic mass is 16.5. The standard InChI is InChI=1S/C15H23NO5/c1-5-8-16(10-13(17)18)9-11-6-7-12(19-2)15(21-4)14(11)20-3/h6-7H,5,8-10H2,1-4H3,(H,17,18). The second-order valence-electron chi connectivity index (χ2n) is 4.60. The first-order valence-corrected chi connectivity index (χ1v) is 6.79. The van der Waals surface area contributed by atoms with Crippen molar-refractivity contribution in [3.63, 3.8) is 0 Å². The summed E-state index contributed by atoms with van der Waals surface area (Å²) in [5.74, 6) is 0.828. The minimum atomic E-state index is -0.845. The van der Waals surface area contributed by atoms with Crippen molar-refractivity contribution in [3.8, 4) is 17.2 Å². The molecule has 0 aliphatic heterocycles. The van der Waals surface area contributed by atoms with Gasteiger partial charge in [0, 0.05) is 12.1 Å². The minimum absolute atomic E-state index is 0.00859. The van der Waals surface area contributed by atoms with Crippen molar-refractivity contribution in [2.24, 2.45) is 0 Å². The van der Waals surface area contributed by atoms with E-state index in [9.17, 15) is 4.79 Å². The Morgan fingerprint density at radius 3 is 2.29 bits per heavy atom. The average Bonchev–Trinajstić information content (AvgIpc) is 2.46. The van der Waals surface area contributed by atoms with Gasteiger partial charge in [0.2, 0.25) is 5.75 Å². The molecule has 118 valence electrons. The van der Waals surface area contributed by atoms with Gasteiger partial charge in [0.1, 0.15) is 0 Å². The van der Waals surface area contributed by atoms with Gasteiger partial charge in [0.25, 0.3) is 0 Å². The lowest BCUT2D eigenvalue weighted by molar-refractivity contribution is -0.138. The maximum Gasteiger partial charge on any atom is 0.317 e. The zero-order valence-corrected chi connectivity index (χ0v) is 13.0. The zero-order valence-electron chi connectivity index (χ0n) is 13.0. The lowest BCUT2D eigenvalue weighted by Gasteiger charge is -2.22. The van der Waals surface area contributed by atoms with Gasteiger partial charge in [0.05, 0.1) is 27.9 Å². The van der Waals surface area contributed by atoms with Crippen LogP contribution >= 0.6 is 0 Å². The Balaban J connectivity index is 3.07. The molecule has 0 amide bonds. The number of carbonyl (C=O) groups is 1. The molecule has 0 bridgehead atoms. The van der Waals surface area contributed by atoms with E-state index in [1.807, 2.05) is 17.9 Å². The predicted molar refractivity (Wildman–Crippen MR) is 79.3 cm³/mol. The van der Waals surface area contributed by atoms with Gasteiger partial charge in [-0.15, -0.1) is 0 Å². The van der Waals surface area contributed by atoms with Crippen LogP contribution in [0.2, 0.25) is 0 Å². The Morgan fingerprint density at radius 2 is 1.81 bits per heavy atom. The van der Waals surface area contributed by atoms with Crippen molar-refractivity contribution < 1.29 is 24.1 Å². The first-order valence-electron chi connectivity index (χ1n) is 6.79. The third-order valence-electron chi connectivity index (χ3n) is 3.08. The molecule has 0 saturated heterocycles. The average molecular weight is 297 g/mol. The number of aliphatic carboxylic acids is 1. The van der Waals surface area contributed by atoms with Crippen LogP contribution in [0.25, 0.3) is 0 Å². The van der Waals surface area contributed by atoms with Crippen LogP contribution in [0.5, 0.6) is 17.2 Å². The van der Waals surface area contributed by atoms with Crippen molar-refractivity contribution in [2.75, 3.05) is 34.4 Å². The second kappa shape index (κ2) is 8.36. The molecule has 0 fully saturated rings. The third-order valence-corrected chi connectivity index (χ3v) is 3.08. The van der Waals surface area contributed by atoms with Crippen molar-refractivity contribution in [1.82, 2.24) is 4.90 Å². The summed E-state index contributed by atoms with van der Waals surface area (Å²) in [6.45, 7) is 3.18. The normalized spacial score (nSPS) is 10.5. The summed E-state index contributed by atoms with van der Waals surface area (Å²) in [5.41, 5.74) is 0.866. The summed E-state index contributed by atoms with van der Waals surface area (Å²) < 4.78 is 16.0. The molecule has 0 unspecified atom stereocenters. The van der Waals surface area contributed by atoms with E-state index in [1.54, 1.807) is 27.4 Å². The highest BCUT2D eigenvalue weighted by molar-refractivity contribution is 5.69. The largest absolute Gasteiger partial charge is 0.493 e. The Labute approximate surface area is 125 Å². The lowest BCUT2D eigenvalue weighted by Crippen LogP contribution is -2.30. The fraction of sp³-hybridized carbons (Fsp3) is 0.533. The van der Waals surface area contributed by atoms with E-state index < -0.39 is 5.97 Å². The molecule has 6 heteroatoms. The van der Waals surface area contributed by atoms with Crippen LogP contribution in [-0.2, 0) is 11.3 Å². The molecular formula is C15H23NO5. The molecule has 0 aliphatic rings. The smallest absolute Gasteiger partial charge is 0.317 e. The van der Waals surface area contributed by atoms with Gasteiger partial charge in [-0.05, 0) is 19.0 Å². The summed E-state index contributed by atoms with van der Waals surface area (Å²) in [5, 5.41) is 8.98.